The zero-order chi connectivity index (χ0) is 24.1. The summed E-state index contributed by atoms with van der Waals surface area (Å²) in [6.45, 7) is 1.96. The Morgan fingerprint density at radius 3 is 2.38 bits per heavy atom. The molecule has 0 amide bonds. The summed E-state index contributed by atoms with van der Waals surface area (Å²) >= 11 is 0. The molecule has 4 nitrogen and oxygen atoms in total. The molecule has 0 aliphatic heterocycles. The summed E-state index contributed by atoms with van der Waals surface area (Å²) in [6.07, 6.45) is 3.71. The molecule has 4 heterocycles. The summed E-state index contributed by atoms with van der Waals surface area (Å²) in [4.78, 5) is 13.3. The van der Waals surface area contributed by atoms with E-state index in [2.05, 4.69) is 58.5 Å². The Labute approximate surface area is 226 Å². The van der Waals surface area contributed by atoms with Crippen molar-refractivity contribution >= 4 is 54.4 Å². The molecule has 0 saturated carbocycles. The van der Waals surface area contributed by atoms with E-state index in [0.29, 0.717) is 0 Å². The number of rotatable bonds is 1. The van der Waals surface area contributed by atoms with Crippen molar-refractivity contribution in [3.63, 3.8) is 0 Å². The SMILES string of the molecule is Cc1cc[c-]c(-c2ccccn2)n1.[Ir].[c-]1ccc2oc3cccc4c5c6ccccc6cnc5c1c2c34. The third kappa shape index (κ3) is 3.84. The van der Waals surface area contributed by atoms with Gasteiger partial charge in [0, 0.05) is 32.5 Å². The van der Waals surface area contributed by atoms with Gasteiger partial charge >= 0.3 is 0 Å². The summed E-state index contributed by atoms with van der Waals surface area (Å²) in [5.41, 5.74) is 5.49. The molecule has 4 aromatic carbocycles. The molecule has 0 spiro atoms. The van der Waals surface area contributed by atoms with Gasteiger partial charge in [-0.2, -0.15) is 12.1 Å². The van der Waals surface area contributed by atoms with E-state index in [1.165, 1.54) is 21.5 Å². The molecule has 8 rings (SSSR count). The molecule has 0 aliphatic carbocycles. The fraction of sp³-hybridized carbons (Fsp3) is 0.0312. The minimum atomic E-state index is 0. The van der Waals surface area contributed by atoms with Crippen molar-refractivity contribution in [1.82, 2.24) is 15.0 Å². The van der Waals surface area contributed by atoms with Gasteiger partial charge < -0.3 is 14.4 Å². The van der Waals surface area contributed by atoms with E-state index in [0.717, 1.165) is 49.9 Å². The molecule has 0 bridgehead atoms. The van der Waals surface area contributed by atoms with E-state index >= 15 is 0 Å². The maximum Gasteiger partial charge on any atom is 0.124 e. The van der Waals surface area contributed by atoms with Crippen LogP contribution in [0.2, 0.25) is 0 Å². The Balaban J connectivity index is 0.000000155. The van der Waals surface area contributed by atoms with Gasteiger partial charge in [0.2, 0.25) is 0 Å². The van der Waals surface area contributed by atoms with Crippen LogP contribution < -0.4 is 0 Å². The maximum absolute atomic E-state index is 6.05. The molecule has 179 valence electrons. The van der Waals surface area contributed by atoms with Crippen molar-refractivity contribution in [2.45, 2.75) is 6.92 Å². The predicted molar refractivity (Wildman–Crippen MR) is 145 cm³/mol. The van der Waals surface area contributed by atoms with Crippen LogP contribution in [0.15, 0.2) is 102 Å². The third-order valence-electron chi connectivity index (χ3n) is 6.50. The van der Waals surface area contributed by atoms with Gasteiger partial charge in [0.1, 0.15) is 5.58 Å². The van der Waals surface area contributed by atoms with Crippen LogP contribution in [0, 0.1) is 19.1 Å². The number of aromatic nitrogens is 3. The molecule has 5 heteroatoms. The van der Waals surface area contributed by atoms with Crippen LogP contribution >= 0.6 is 0 Å². The summed E-state index contributed by atoms with van der Waals surface area (Å²) in [5.74, 6) is 0. The first-order valence-electron chi connectivity index (χ1n) is 11.8. The van der Waals surface area contributed by atoms with E-state index < -0.39 is 0 Å². The van der Waals surface area contributed by atoms with Crippen molar-refractivity contribution in [3.8, 4) is 11.4 Å². The van der Waals surface area contributed by atoms with Gasteiger partial charge in [-0.1, -0.05) is 60.0 Å². The predicted octanol–water partition coefficient (Wildman–Crippen LogP) is 7.93. The quantitative estimate of drug-likeness (QED) is 0.133. The average molecular weight is 654 g/mol. The van der Waals surface area contributed by atoms with Crippen LogP contribution in [0.25, 0.3) is 65.8 Å². The molecular formula is C32H19IrN3O-2. The summed E-state index contributed by atoms with van der Waals surface area (Å²) in [7, 11) is 0. The second-order valence-electron chi connectivity index (χ2n) is 8.74. The first kappa shape index (κ1) is 23.2. The van der Waals surface area contributed by atoms with Gasteiger partial charge in [0.15, 0.2) is 0 Å². The van der Waals surface area contributed by atoms with Crippen molar-refractivity contribution in [2.24, 2.45) is 0 Å². The summed E-state index contributed by atoms with van der Waals surface area (Å²) in [5, 5.41) is 8.12. The van der Waals surface area contributed by atoms with E-state index in [9.17, 15) is 0 Å². The van der Waals surface area contributed by atoms with Crippen molar-refractivity contribution in [2.75, 3.05) is 0 Å². The molecule has 0 aliphatic rings. The Hall–Kier alpha value is -4.18. The van der Waals surface area contributed by atoms with E-state index in [-0.39, 0.29) is 20.1 Å². The number of hydrogen-bond acceptors (Lipinski definition) is 4. The maximum atomic E-state index is 6.05. The first-order chi connectivity index (χ1) is 17.8. The largest absolute Gasteiger partial charge is 0.476 e. The zero-order valence-electron chi connectivity index (χ0n) is 19.8. The number of furan rings is 1. The molecule has 0 atom stereocenters. The standard InChI is InChI=1S/C21H10NO.C11H9N2.Ir/c1-2-6-13-12(5-1)11-22-21-15-8-4-10-17-20(15)19-14(18(13)21)7-3-9-16(19)23-17;1-9-5-4-7-11(13-9)10-6-2-3-8-12-10;/h1-7,9-11H;2-6,8H,1H3;/q2*-1;. The van der Waals surface area contributed by atoms with Gasteiger partial charge in [0.25, 0.3) is 0 Å². The van der Waals surface area contributed by atoms with Crippen LogP contribution in [0.1, 0.15) is 5.69 Å². The summed E-state index contributed by atoms with van der Waals surface area (Å²) in [6, 6.07) is 34.6. The molecule has 0 fully saturated rings. The molecular weight excluding hydrogens is 635 g/mol. The third-order valence-corrected chi connectivity index (χ3v) is 6.50. The monoisotopic (exact) mass is 654 g/mol. The number of hydrogen-bond donors (Lipinski definition) is 0. The number of aryl methyl sites for hydroxylation is 1. The van der Waals surface area contributed by atoms with Crippen molar-refractivity contribution in [1.29, 1.82) is 0 Å². The van der Waals surface area contributed by atoms with E-state index in [4.69, 9.17) is 9.40 Å². The fourth-order valence-corrected chi connectivity index (χ4v) is 4.95. The molecule has 1 radical (unpaired) electrons. The Morgan fingerprint density at radius 1 is 0.703 bits per heavy atom. The van der Waals surface area contributed by atoms with Crippen molar-refractivity contribution < 1.29 is 24.5 Å². The fourth-order valence-electron chi connectivity index (χ4n) is 4.95. The average Bonchev–Trinajstić information content (AvgIpc) is 3.33. The molecule has 0 N–H and O–H groups in total. The number of pyridine rings is 3. The van der Waals surface area contributed by atoms with Gasteiger partial charge in [0.05, 0.1) is 5.58 Å². The van der Waals surface area contributed by atoms with Crippen LogP contribution in [-0.2, 0) is 20.1 Å². The summed E-state index contributed by atoms with van der Waals surface area (Å²) < 4.78 is 6.05. The van der Waals surface area contributed by atoms with Crippen molar-refractivity contribution in [3.05, 3.63) is 115 Å². The Bertz CT molecular complexity index is 2010. The second-order valence-corrected chi connectivity index (χ2v) is 8.74. The van der Waals surface area contributed by atoms with Gasteiger partial charge in [-0.05, 0) is 68.6 Å². The zero-order valence-corrected chi connectivity index (χ0v) is 22.2. The molecule has 8 aromatic rings. The van der Waals surface area contributed by atoms with E-state index in [1.54, 1.807) is 6.20 Å². The van der Waals surface area contributed by atoms with Crippen LogP contribution in [0.4, 0.5) is 0 Å². The van der Waals surface area contributed by atoms with Crippen LogP contribution in [0.3, 0.4) is 0 Å². The van der Waals surface area contributed by atoms with Crippen LogP contribution in [0.5, 0.6) is 0 Å². The second kappa shape index (κ2) is 9.36. The number of fused-ring (bicyclic) bond motifs is 5. The molecule has 4 aromatic heterocycles. The minimum Gasteiger partial charge on any atom is -0.476 e. The van der Waals surface area contributed by atoms with Gasteiger partial charge in [-0.25, -0.2) is 0 Å². The van der Waals surface area contributed by atoms with Gasteiger partial charge in [-0.15, -0.1) is 23.6 Å². The van der Waals surface area contributed by atoms with Gasteiger partial charge in [-0.3, -0.25) is 4.98 Å². The molecule has 0 saturated heterocycles. The first-order valence-corrected chi connectivity index (χ1v) is 11.8. The molecule has 0 unspecified atom stereocenters. The van der Waals surface area contributed by atoms with Crippen LogP contribution in [-0.4, -0.2) is 15.0 Å². The smallest absolute Gasteiger partial charge is 0.124 e. The Morgan fingerprint density at radius 2 is 1.51 bits per heavy atom. The van der Waals surface area contributed by atoms with E-state index in [1.807, 2.05) is 61.7 Å². The molecule has 37 heavy (non-hydrogen) atoms. The normalized spacial score (nSPS) is 11.2. The Kier molecular flexibility index (Phi) is 5.88. The number of benzene rings is 4. The topological polar surface area (TPSA) is 51.8 Å². The number of nitrogens with zero attached hydrogens (tertiary/aromatic N) is 3. The minimum absolute atomic E-state index is 0.